The Morgan fingerprint density at radius 2 is 1.58 bits per heavy atom. The molecule has 19 heavy (non-hydrogen) atoms. The molecule has 2 rings (SSSR count). The first kappa shape index (κ1) is 14.1. The van der Waals surface area contributed by atoms with Gasteiger partial charge in [-0.25, -0.2) is 13.2 Å². The topological polar surface area (TPSA) is 12.0 Å². The predicted molar refractivity (Wildman–Crippen MR) is 71.4 cm³/mol. The molecule has 0 aliphatic rings. The van der Waals surface area contributed by atoms with Gasteiger partial charge in [0, 0.05) is 15.6 Å². The van der Waals surface area contributed by atoms with Crippen LogP contribution in [0.15, 0.2) is 40.9 Å². The molecule has 0 bridgehead atoms. The van der Waals surface area contributed by atoms with Gasteiger partial charge in [-0.3, -0.25) is 0 Å². The molecule has 100 valence electrons. The van der Waals surface area contributed by atoms with Crippen molar-refractivity contribution < 1.29 is 13.2 Å². The molecule has 0 aromatic heterocycles. The van der Waals surface area contributed by atoms with Gasteiger partial charge in [0.2, 0.25) is 0 Å². The number of nitrogens with one attached hydrogen (secondary N) is 1. The molecule has 1 unspecified atom stereocenters. The number of hydrogen-bond acceptors (Lipinski definition) is 1. The maximum Gasteiger partial charge on any atom is 0.132 e. The first-order valence-electron chi connectivity index (χ1n) is 5.60. The summed E-state index contributed by atoms with van der Waals surface area (Å²) >= 11 is 3.01. The first-order valence-corrected chi connectivity index (χ1v) is 6.40. The first-order chi connectivity index (χ1) is 9.04. The summed E-state index contributed by atoms with van der Waals surface area (Å²) in [5.74, 6) is -1.97. The molecule has 1 atom stereocenters. The van der Waals surface area contributed by atoms with Crippen molar-refractivity contribution in [3.8, 4) is 0 Å². The molecule has 0 saturated carbocycles. The molecule has 0 heterocycles. The number of benzene rings is 2. The van der Waals surface area contributed by atoms with Crippen molar-refractivity contribution in [1.29, 1.82) is 0 Å². The van der Waals surface area contributed by atoms with Crippen molar-refractivity contribution in [2.75, 3.05) is 7.05 Å². The molecule has 1 N–H and O–H groups in total. The fraction of sp³-hybridized carbons (Fsp3) is 0.143. The second-order valence-electron chi connectivity index (χ2n) is 4.03. The SMILES string of the molecule is CNC(c1ccccc1F)c1c(F)cc(Br)cc1F. The van der Waals surface area contributed by atoms with Gasteiger partial charge < -0.3 is 5.32 Å². The number of halogens is 4. The normalized spacial score (nSPS) is 12.5. The van der Waals surface area contributed by atoms with E-state index in [1.165, 1.54) is 25.2 Å². The summed E-state index contributed by atoms with van der Waals surface area (Å²) in [6.45, 7) is 0. The Bertz CT molecular complexity index is 578. The van der Waals surface area contributed by atoms with Crippen molar-refractivity contribution in [3.05, 3.63) is 69.4 Å². The third-order valence-electron chi connectivity index (χ3n) is 2.84. The zero-order valence-corrected chi connectivity index (χ0v) is 11.6. The smallest absolute Gasteiger partial charge is 0.132 e. The molecular formula is C14H11BrF3N. The highest BCUT2D eigenvalue weighted by Crippen LogP contribution is 2.30. The van der Waals surface area contributed by atoms with E-state index in [9.17, 15) is 13.2 Å². The summed E-state index contributed by atoms with van der Waals surface area (Å²) in [6, 6.07) is 7.34. The molecule has 0 aliphatic heterocycles. The standard InChI is InChI=1S/C14H11BrF3N/c1-19-14(9-4-2-3-5-10(9)16)13-11(17)6-8(15)7-12(13)18/h2-7,14,19H,1H3. The van der Waals surface area contributed by atoms with Crippen molar-refractivity contribution in [1.82, 2.24) is 5.32 Å². The van der Waals surface area contributed by atoms with E-state index < -0.39 is 23.5 Å². The van der Waals surface area contributed by atoms with Gasteiger partial charge in [-0.2, -0.15) is 0 Å². The van der Waals surface area contributed by atoms with Crippen LogP contribution in [0.2, 0.25) is 0 Å². The average Bonchev–Trinajstić information content (AvgIpc) is 2.34. The largest absolute Gasteiger partial charge is 0.309 e. The van der Waals surface area contributed by atoms with Crippen LogP contribution in [0.1, 0.15) is 17.2 Å². The molecule has 0 radical (unpaired) electrons. The van der Waals surface area contributed by atoms with Gasteiger partial charge in [-0.05, 0) is 25.2 Å². The van der Waals surface area contributed by atoms with E-state index in [0.717, 1.165) is 12.1 Å². The highest BCUT2D eigenvalue weighted by Gasteiger charge is 2.23. The van der Waals surface area contributed by atoms with Crippen LogP contribution in [-0.4, -0.2) is 7.05 Å². The summed E-state index contributed by atoms with van der Waals surface area (Å²) < 4.78 is 41.9. The van der Waals surface area contributed by atoms with Gasteiger partial charge >= 0.3 is 0 Å². The fourth-order valence-electron chi connectivity index (χ4n) is 1.99. The van der Waals surface area contributed by atoms with E-state index in [-0.39, 0.29) is 11.1 Å². The Kier molecular flexibility index (Phi) is 4.27. The van der Waals surface area contributed by atoms with Crippen LogP contribution in [-0.2, 0) is 0 Å². The quantitative estimate of drug-likeness (QED) is 0.890. The van der Waals surface area contributed by atoms with Gasteiger partial charge in [0.15, 0.2) is 0 Å². The zero-order valence-electron chi connectivity index (χ0n) is 10.1. The van der Waals surface area contributed by atoms with E-state index >= 15 is 0 Å². The van der Waals surface area contributed by atoms with E-state index in [1.54, 1.807) is 6.07 Å². The predicted octanol–water partition coefficient (Wildman–Crippen LogP) is 4.18. The minimum Gasteiger partial charge on any atom is -0.309 e. The van der Waals surface area contributed by atoms with Gasteiger partial charge in [0.1, 0.15) is 17.5 Å². The van der Waals surface area contributed by atoms with Gasteiger partial charge in [0.05, 0.1) is 6.04 Å². The Morgan fingerprint density at radius 3 is 2.11 bits per heavy atom. The van der Waals surface area contributed by atoms with E-state index in [4.69, 9.17) is 0 Å². The van der Waals surface area contributed by atoms with Crippen LogP contribution in [0, 0.1) is 17.5 Å². The van der Waals surface area contributed by atoms with E-state index in [1.807, 2.05) is 0 Å². The van der Waals surface area contributed by atoms with Crippen LogP contribution < -0.4 is 5.32 Å². The van der Waals surface area contributed by atoms with Gasteiger partial charge in [-0.15, -0.1) is 0 Å². The second-order valence-corrected chi connectivity index (χ2v) is 4.94. The molecule has 0 amide bonds. The van der Waals surface area contributed by atoms with E-state index in [2.05, 4.69) is 21.2 Å². The Hall–Kier alpha value is -1.33. The second kappa shape index (κ2) is 5.75. The van der Waals surface area contributed by atoms with Crippen LogP contribution in [0.4, 0.5) is 13.2 Å². The molecule has 2 aromatic rings. The molecule has 0 fully saturated rings. The maximum absolute atomic E-state index is 13.9. The third-order valence-corrected chi connectivity index (χ3v) is 3.30. The monoisotopic (exact) mass is 329 g/mol. The summed E-state index contributed by atoms with van der Waals surface area (Å²) in [5.41, 5.74) is 0.000854. The molecule has 0 spiro atoms. The zero-order chi connectivity index (χ0) is 14.0. The summed E-state index contributed by atoms with van der Waals surface area (Å²) in [4.78, 5) is 0. The maximum atomic E-state index is 13.9. The molecule has 2 aromatic carbocycles. The van der Waals surface area contributed by atoms with Crippen molar-refractivity contribution >= 4 is 15.9 Å². The third kappa shape index (κ3) is 2.82. The number of hydrogen-bond donors (Lipinski definition) is 1. The molecule has 1 nitrogen and oxygen atoms in total. The lowest BCUT2D eigenvalue weighted by Gasteiger charge is -2.19. The van der Waals surface area contributed by atoms with E-state index in [0.29, 0.717) is 4.47 Å². The lowest BCUT2D eigenvalue weighted by Crippen LogP contribution is -2.21. The number of rotatable bonds is 3. The summed E-state index contributed by atoms with van der Waals surface area (Å²) in [5, 5.41) is 2.74. The van der Waals surface area contributed by atoms with Gasteiger partial charge in [-0.1, -0.05) is 34.1 Å². The average molecular weight is 330 g/mol. The van der Waals surface area contributed by atoms with Crippen LogP contribution in [0.3, 0.4) is 0 Å². The Labute approximate surface area is 117 Å². The minimum atomic E-state index is -0.880. The minimum absolute atomic E-state index is 0.198. The summed E-state index contributed by atoms with van der Waals surface area (Å²) in [6.07, 6.45) is 0. The van der Waals surface area contributed by atoms with Crippen LogP contribution in [0.25, 0.3) is 0 Å². The van der Waals surface area contributed by atoms with Crippen LogP contribution in [0.5, 0.6) is 0 Å². The molecule has 0 aliphatic carbocycles. The lowest BCUT2D eigenvalue weighted by atomic mass is 9.97. The van der Waals surface area contributed by atoms with Crippen molar-refractivity contribution in [2.45, 2.75) is 6.04 Å². The Morgan fingerprint density at radius 1 is 1.00 bits per heavy atom. The fourth-order valence-corrected chi connectivity index (χ4v) is 2.40. The highest BCUT2D eigenvalue weighted by molar-refractivity contribution is 9.10. The summed E-state index contributed by atoms with van der Waals surface area (Å²) in [7, 11) is 1.53. The molecule has 0 saturated heterocycles. The van der Waals surface area contributed by atoms with Gasteiger partial charge in [0.25, 0.3) is 0 Å². The molecule has 5 heteroatoms. The van der Waals surface area contributed by atoms with Crippen molar-refractivity contribution in [2.24, 2.45) is 0 Å². The highest BCUT2D eigenvalue weighted by atomic mass is 79.9. The Balaban J connectivity index is 2.58. The lowest BCUT2D eigenvalue weighted by molar-refractivity contribution is 0.507. The molecular weight excluding hydrogens is 319 g/mol. The van der Waals surface area contributed by atoms with Crippen molar-refractivity contribution in [3.63, 3.8) is 0 Å². The van der Waals surface area contributed by atoms with Crippen LogP contribution >= 0.6 is 15.9 Å².